The van der Waals surface area contributed by atoms with Crippen LogP contribution in [0.5, 0.6) is 0 Å². The van der Waals surface area contributed by atoms with Gasteiger partial charge in [-0.2, -0.15) is 4.57 Å². The van der Waals surface area contributed by atoms with Gasteiger partial charge in [0.15, 0.2) is 0 Å². The van der Waals surface area contributed by atoms with E-state index in [1.54, 1.807) is 0 Å². The van der Waals surface area contributed by atoms with E-state index < -0.39 is 0 Å². The Bertz CT molecular complexity index is 950. The molecule has 27 heavy (non-hydrogen) atoms. The van der Waals surface area contributed by atoms with Gasteiger partial charge in [-0.15, -0.1) is 0 Å². The SMILES string of the molecule is Cc1cc(C)c(C[n+]2cn(-c3c(C)cc(C)cc3C)c(C)c2C)c(C)c1.[Cl-]. The van der Waals surface area contributed by atoms with Gasteiger partial charge < -0.3 is 12.4 Å². The Labute approximate surface area is 170 Å². The number of aromatic nitrogens is 2. The summed E-state index contributed by atoms with van der Waals surface area (Å²) in [4.78, 5) is 0. The third-order valence-electron chi connectivity index (χ3n) is 5.62. The minimum Gasteiger partial charge on any atom is -1.00 e. The maximum Gasteiger partial charge on any atom is 0.249 e. The van der Waals surface area contributed by atoms with Gasteiger partial charge in [0.05, 0.1) is 0 Å². The molecule has 0 N–H and O–H groups in total. The summed E-state index contributed by atoms with van der Waals surface area (Å²) in [6.45, 7) is 18.6. The molecule has 2 aromatic carbocycles. The van der Waals surface area contributed by atoms with E-state index in [0.29, 0.717) is 0 Å². The summed E-state index contributed by atoms with van der Waals surface area (Å²) >= 11 is 0. The summed E-state index contributed by atoms with van der Waals surface area (Å²) in [5.74, 6) is 0. The highest BCUT2D eigenvalue weighted by molar-refractivity contribution is 5.50. The molecule has 0 aliphatic heterocycles. The Morgan fingerprint density at radius 1 is 0.704 bits per heavy atom. The maximum atomic E-state index is 2.39. The first-order valence-corrected chi connectivity index (χ1v) is 9.42. The number of rotatable bonds is 3. The van der Waals surface area contributed by atoms with Crippen LogP contribution >= 0.6 is 0 Å². The molecule has 3 heteroatoms. The number of imidazole rings is 1. The maximum absolute atomic E-state index is 2.39. The number of benzene rings is 2. The van der Waals surface area contributed by atoms with Crippen molar-refractivity contribution in [2.24, 2.45) is 0 Å². The highest BCUT2D eigenvalue weighted by atomic mass is 35.5. The van der Waals surface area contributed by atoms with Crippen molar-refractivity contribution in [1.82, 2.24) is 4.57 Å². The lowest BCUT2D eigenvalue weighted by atomic mass is 10.00. The van der Waals surface area contributed by atoms with Gasteiger partial charge in [0, 0.05) is 13.8 Å². The van der Waals surface area contributed by atoms with E-state index in [2.05, 4.69) is 95.1 Å². The first kappa shape index (κ1) is 21.2. The fourth-order valence-corrected chi connectivity index (χ4v) is 4.26. The van der Waals surface area contributed by atoms with Crippen LogP contribution in [0, 0.1) is 55.4 Å². The second kappa shape index (κ2) is 7.90. The van der Waals surface area contributed by atoms with Crippen molar-refractivity contribution in [3.05, 3.63) is 80.9 Å². The molecule has 3 rings (SSSR count). The third kappa shape index (κ3) is 3.96. The molecular formula is C24H31ClN2. The molecule has 0 amide bonds. The molecule has 0 radical (unpaired) electrons. The lowest BCUT2D eigenvalue weighted by Crippen LogP contribution is -3.00. The quantitative estimate of drug-likeness (QED) is 0.614. The molecule has 0 fully saturated rings. The summed E-state index contributed by atoms with van der Waals surface area (Å²) in [6.07, 6.45) is 2.27. The van der Waals surface area contributed by atoms with E-state index in [-0.39, 0.29) is 12.4 Å². The minimum absolute atomic E-state index is 0. The minimum atomic E-state index is 0. The molecular weight excluding hydrogens is 352 g/mol. The Morgan fingerprint density at radius 2 is 1.15 bits per heavy atom. The van der Waals surface area contributed by atoms with Gasteiger partial charge in [-0.05, 0) is 69.4 Å². The average Bonchev–Trinajstić information content (AvgIpc) is 2.78. The second-order valence-corrected chi connectivity index (χ2v) is 7.91. The van der Waals surface area contributed by atoms with Gasteiger partial charge in [0.25, 0.3) is 0 Å². The van der Waals surface area contributed by atoms with E-state index in [0.717, 1.165) is 6.54 Å². The topological polar surface area (TPSA) is 8.81 Å². The van der Waals surface area contributed by atoms with E-state index in [4.69, 9.17) is 0 Å². The highest BCUT2D eigenvalue weighted by Crippen LogP contribution is 2.23. The lowest BCUT2D eigenvalue weighted by molar-refractivity contribution is -0.693. The van der Waals surface area contributed by atoms with E-state index in [1.165, 1.54) is 56.0 Å². The standard InChI is InChI=1S/C24H31N2.ClH/c1-15-9-17(3)23(18(4)10-15)13-25-14-26(22(8)21(25)7)24-19(5)11-16(2)12-20(24)6;/h9-12,14H,13H2,1-8H3;1H/q+1;/p-1. The van der Waals surface area contributed by atoms with Crippen LogP contribution in [0.15, 0.2) is 30.6 Å². The van der Waals surface area contributed by atoms with Crippen molar-refractivity contribution >= 4 is 0 Å². The van der Waals surface area contributed by atoms with Gasteiger partial charge in [-0.1, -0.05) is 35.4 Å². The zero-order chi connectivity index (χ0) is 19.2. The Kier molecular flexibility index (Phi) is 6.21. The number of halogens is 1. The van der Waals surface area contributed by atoms with Gasteiger partial charge in [0.2, 0.25) is 6.33 Å². The van der Waals surface area contributed by atoms with E-state index in [1.807, 2.05) is 0 Å². The largest absolute Gasteiger partial charge is 1.00 e. The summed E-state index contributed by atoms with van der Waals surface area (Å²) in [5.41, 5.74) is 13.4. The summed E-state index contributed by atoms with van der Waals surface area (Å²) in [7, 11) is 0. The lowest BCUT2D eigenvalue weighted by Gasteiger charge is -2.10. The number of hydrogen-bond acceptors (Lipinski definition) is 0. The summed E-state index contributed by atoms with van der Waals surface area (Å²) in [6, 6.07) is 9.12. The normalized spacial score (nSPS) is 10.8. The molecule has 0 unspecified atom stereocenters. The molecule has 0 saturated heterocycles. The number of aryl methyl sites for hydroxylation is 6. The highest BCUT2D eigenvalue weighted by Gasteiger charge is 2.22. The molecule has 0 aliphatic carbocycles. The van der Waals surface area contributed by atoms with Crippen molar-refractivity contribution in [3.8, 4) is 5.69 Å². The Balaban J connectivity index is 0.00000261. The predicted octanol–water partition coefficient (Wildman–Crippen LogP) is 2.28. The van der Waals surface area contributed by atoms with Crippen molar-refractivity contribution in [1.29, 1.82) is 0 Å². The predicted molar refractivity (Wildman–Crippen MR) is 109 cm³/mol. The van der Waals surface area contributed by atoms with Crippen LogP contribution in [0.25, 0.3) is 5.69 Å². The van der Waals surface area contributed by atoms with Crippen LogP contribution in [0.2, 0.25) is 0 Å². The Hall–Kier alpha value is -2.06. The fourth-order valence-electron chi connectivity index (χ4n) is 4.26. The first-order chi connectivity index (χ1) is 12.2. The summed E-state index contributed by atoms with van der Waals surface area (Å²) in [5, 5.41) is 0. The van der Waals surface area contributed by atoms with Crippen LogP contribution in [-0.2, 0) is 6.54 Å². The van der Waals surface area contributed by atoms with Crippen LogP contribution in [0.3, 0.4) is 0 Å². The molecule has 2 nitrogen and oxygen atoms in total. The van der Waals surface area contributed by atoms with Crippen molar-refractivity contribution in [2.45, 2.75) is 61.9 Å². The smallest absolute Gasteiger partial charge is 0.249 e. The molecule has 0 spiro atoms. The van der Waals surface area contributed by atoms with Gasteiger partial charge in [0.1, 0.15) is 23.6 Å². The Morgan fingerprint density at radius 3 is 1.63 bits per heavy atom. The second-order valence-electron chi connectivity index (χ2n) is 7.91. The summed E-state index contributed by atoms with van der Waals surface area (Å²) < 4.78 is 4.75. The fraction of sp³-hybridized carbons (Fsp3) is 0.375. The van der Waals surface area contributed by atoms with Crippen LogP contribution in [0.4, 0.5) is 0 Å². The third-order valence-corrected chi connectivity index (χ3v) is 5.62. The molecule has 3 aromatic rings. The molecule has 144 valence electrons. The van der Waals surface area contributed by atoms with Crippen LogP contribution in [0.1, 0.15) is 50.3 Å². The van der Waals surface area contributed by atoms with E-state index in [9.17, 15) is 0 Å². The van der Waals surface area contributed by atoms with Gasteiger partial charge in [-0.3, -0.25) is 0 Å². The molecule has 1 heterocycles. The molecule has 0 saturated carbocycles. The van der Waals surface area contributed by atoms with Gasteiger partial charge >= 0.3 is 0 Å². The molecule has 0 bridgehead atoms. The monoisotopic (exact) mass is 382 g/mol. The zero-order valence-corrected chi connectivity index (χ0v) is 18.6. The van der Waals surface area contributed by atoms with Gasteiger partial charge in [-0.25, -0.2) is 4.57 Å². The zero-order valence-electron chi connectivity index (χ0n) is 17.9. The first-order valence-electron chi connectivity index (χ1n) is 9.42. The average molecular weight is 383 g/mol. The molecule has 0 atom stereocenters. The number of hydrogen-bond donors (Lipinski definition) is 0. The van der Waals surface area contributed by atoms with Crippen molar-refractivity contribution < 1.29 is 17.0 Å². The number of nitrogens with zero attached hydrogens (tertiary/aromatic N) is 2. The molecule has 0 aliphatic rings. The van der Waals surface area contributed by atoms with Crippen LogP contribution in [-0.4, -0.2) is 4.57 Å². The van der Waals surface area contributed by atoms with E-state index >= 15 is 0 Å². The van der Waals surface area contributed by atoms with Crippen molar-refractivity contribution in [3.63, 3.8) is 0 Å². The van der Waals surface area contributed by atoms with Crippen molar-refractivity contribution in [2.75, 3.05) is 0 Å². The molecule has 1 aromatic heterocycles. The van der Waals surface area contributed by atoms with Crippen LogP contribution < -0.4 is 17.0 Å².